The molecule has 0 radical (unpaired) electrons. The lowest BCUT2D eigenvalue weighted by atomic mass is 10.1. The minimum Gasteiger partial charge on any atom is -0.384 e. The molecule has 0 unspecified atom stereocenters. The third-order valence-electron chi connectivity index (χ3n) is 4.07. The van der Waals surface area contributed by atoms with Gasteiger partial charge in [-0.15, -0.1) is 0 Å². The molecule has 3 nitrogen and oxygen atoms in total. The first-order valence-corrected chi connectivity index (χ1v) is 9.74. The van der Waals surface area contributed by atoms with E-state index in [0.29, 0.717) is 0 Å². The average Bonchev–Trinajstić information content (AvgIpc) is 2.67. The third-order valence-corrected chi connectivity index (χ3v) is 5.20. The van der Waals surface area contributed by atoms with Crippen molar-refractivity contribution in [3.63, 3.8) is 0 Å². The van der Waals surface area contributed by atoms with Crippen molar-refractivity contribution in [2.75, 3.05) is 17.6 Å². The summed E-state index contributed by atoms with van der Waals surface area (Å²) in [4.78, 5) is 0. The number of aryl methyl sites for hydroxylation is 2. The number of pyridine rings is 2. The van der Waals surface area contributed by atoms with Gasteiger partial charge in [0.2, 0.25) is 5.03 Å². The Morgan fingerprint density at radius 1 is 0.846 bits per heavy atom. The zero-order valence-electron chi connectivity index (χ0n) is 15.3. The van der Waals surface area contributed by atoms with E-state index in [9.17, 15) is 0 Å². The molecular formula is C22H25N3S+2. The minimum atomic E-state index is 0.940. The summed E-state index contributed by atoms with van der Waals surface area (Å²) in [5.74, 6) is 1.03. The quantitative estimate of drug-likeness (QED) is 0.392. The maximum absolute atomic E-state index is 3.48. The van der Waals surface area contributed by atoms with Crippen LogP contribution in [0.5, 0.6) is 0 Å². The number of benzene rings is 1. The molecular weight excluding hydrogens is 338 g/mol. The summed E-state index contributed by atoms with van der Waals surface area (Å²) < 4.78 is 4.19. The van der Waals surface area contributed by atoms with Crippen LogP contribution in [0.4, 0.5) is 5.69 Å². The Morgan fingerprint density at radius 3 is 2.23 bits per heavy atom. The monoisotopic (exact) mass is 363 g/mol. The van der Waals surface area contributed by atoms with Crippen molar-refractivity contribution in [3.05, 3.63) is 84.3 Å². The van der Waals surface area contributed by atoms with Gasteiger partial charge in [-0.25, -0.2) is 4.57 Å². The van der Waals surface area contributed by atoms with E-state index in [2.05, 4.69) is 102 Å². The van der Waals surface area contributed by atoms with Gasteiger partial charge in [0.1, 0.15) is 14.1 Å². The summed E-state index contributed by atoms with van der Waals surface area (Å²) in [7, 11) is 4.11. The van der Waals surface area contributed by atoms with E-state index in [-0.39, 0.29) is 0 Å². The van der Waals surface area contributed by atoms with Crippen molar-refractivity contribution in [2.45, 2.75) is 5.03 Å². The first kappa shape index (κ1) is 18.2. The standard InChI is InChI=1S/C22H24N3S/c1-24-16-12-20(13-17-24)7-6-19-8-10-21(11-9-19)23-14-18-26-22-5-3-4-15-25(22)2/h3-13,15-17H,14,18H2,1-2H3/q+1/p+1. The van der Waals surface area contributed by atoms with Gasteiger partial charge < -0.3 is 5.32 Å². The van der Waals surface area contributed by atoms with Crippen LogP contribution in [0.2, 0.25) is 0 Å². The normalized spacial score (nSPS) is 11.0. The van der Waals surface area contributed by atoms with Crippen molar-refractivity contribution in [2.24, 2.45) is 14.1 Å². The maximum atomic E-state index is 3.48. The van der Waals surface area contributed by atoms with Crippen LogP contribution in [0.25, 0.3) is 12.2 Å². The van der Waals surface area contributed by atoms with Gasteiger partial charge in [0, 0.05) is 42.3 Å². The number of hydrogen-bond donors (Lipinski definition) is 1. The molecule has 0 spiro atoms. The predicted molar refractivity (Wildman–Crippen MR) is 110 cm³/mol. The zero-order valence-corrected chi connectivity index (χ0v) is 16.1. The molecule has 2 heterocycles. The summed E-state index contributed by atoms with van der Waals surface area (Å²) in [6.45, 7) is 0.940. The van der Waals surface area contributed by atoms with Crippen molar-refractivity contribution in [1.29, 1.82) is 0 Å². The van der Waals surface area contributed by atoms with Gasteiger partial charge >= 0.3 is 0 Å². The Morgan fingerprint density at radius 2 is 1.54 bits per heavy atom. The highest BCUT2D eigenvalue weighted by Crippen LogP contribution is 2.15. The van der Waals surface area contributed by atoms with Crippen LogP contribution in [0.3, 0.4) is 0 Å². The van der Waals surface area contributed by atoms with Gasteiger partial charge in [-0.05, 0) is 29.3 Å². The SMILES string of the molecule is C[n+]1ccc(/C=C/c2ccc(NCCSc3cccc[n+]3C)cc2)cc1. The van der Waals surface area contributed by atoms with Crippen LogP contribution in [-0.2, 0) is 14.1 Å². The van der Waals surface area contributed by atoms with Gasteiger partial charge in [0.15, 0.2) is 18.6 Å². The van der Waals surface area contributed by atoms with Gasteiger partial charge in [-0.2, -0.15) is 4.57 Å². The van der Waals surface area contributed by atoms with Gasteiger partial charge in [0.05, 0.1) is 0 Å². The van der Waals surface area contributed by atoms with Gasteiger partial charge in [-0.1, -0.05) is 36.0 Å². The van der Waals surface area contributed by atoms with E-state index in [1.807, 2.05) is 23.4 Å². The fourth-order valence-corrected chi connectivity index (χ4v) is 3.39. The molecule has 4 heteroatoms. The highest BCUT2D eigenvalue weighted by Gasteiger charge is 2.04. The Hall–Kier alpha value is -2.59. The average molecular weight is 364 g/mol. The second kappa shape index (κ2) is 9.20. The molecule has 0 fully saturated rings. The molecule has 0 saturated carbocycles. The van der Waals surface area contributed by atoms with Gasteiger partial charge in [0.25, 0.3) is 0 Å². The Balaban J connectivity index is 1.47. The largest absolute Gasteiger partial charge is 0.384 e. The second-order valence-corrected chi connectivity index (χ2v) is 7.29. The predicted octanol–water partition coefficient (Wildman–Crippen LogP) is 3.71. The van der Waals surface area contributed by atoms with Crippen molar-refractivity contribution in [1.82, 2.24) is 0 Å². The summed E-state index contributed by atoms with van der Waals surface area (Å²) in [6, 6.07) is 19.1. The maximum Gasteiger partial charge on any atom is 0.239 e. The first-order chi connectivity index (χ1) is 12.7. The van der Waals surface area contributed by atoms with Gasteiger partial charge in [-0.3, -0.25) is 0 Å². The van der Waals surface area contributed by atoms with Crippen molar-refractivity contribution in [3.8, 4) is 0 Å². The molecule has 3 aromatic rings. The number of nitrogens with zero attached hydrogens (tertiary/aromatic N) is 2. The molecule has 0 amide bonds. The van der Waals surface area contributed by atoms with Crippen LogP contribution in [-0.4, -0.2) is 12.3 Å². The molecule has 1 aromatic carbocycles. The molecule has 0 atom stereocenters. The van der Waals surface area contributed by atoms with Crippen molar-refractivity contribution < 1.29 is 9.13 Å². The molecule has 2 aromatic heterocycles. The summed E-state index contributed by atoms with van der Waals surface area (Å²) in [5.41, 5.74) is 3.57. The number of thioether (sulfide) groups is 1. The van der Waals surface area contributed by atoms with E-state index in [1.54, 1.807) is 0 Å². The first-order valence-electron chi connectivity index (χ1n) is 8.75. The highest BCUT2D eigenvalue weighted by molar-refractivity contribution is 7.99. The number of hydrogen-bond acceptors (Lipinski definition) is 2. The fraction of sp³-hybridized carbons (Fsp3) is 0.182. The van der Waals surface area contributed by atoms with Crippen LogP contribution in [0, 0.1) is 0 Å². The van der Waals surface area contributed by atoms with E-state index in [1.165, 1.54) is 16.2 Å². The van der Waals surface area contributed by atoms with Crippen LogP contribution < -0.4 is 14.5 Å². The van der Waals surface area contributed by atoms with Crippen LogP contribution in [0.15, 0.2) is 78.2 Å². The van der Waals surface area contributed by atoms with Crippen LogP contribution in [0.1, 0.15) is 11.1 Å². The molecule has 3 rings (SSSR count). The van der Waals surface area contributed by atoms with E-state index < -0.39 is 0 Å². The minimum absolute atomic E-state index is 0.940. The van der Waals surface area contributed by atoms with Crippen molar-refractivity contribution >= 4 is 29.6 Å². The summed E-state index contributed by atoms with van der Waals surface area (Å²) in [5, 5.41) is 4.77. The lowest BCUT2D eigenvalue weighted by molar-refractivity contribution is -0.708. The molecule has 0 bridgehead atoms. The van der Waals surface area contributed by atoms with E-state index in [0.717, 1.165) is 18.0 Å². The Labute approximate surface area is 160 Å². The van der Waals surface area contributed by atoms with E-state index >= 15 is 0 Å². The molecule has 132 valence electrons. The third kappa shape index (κ3) is 5.46. The molecule has 1 N–H and O–H groups in total. The Bertz CT molecular complexity index is 855. The Kier molecular flexibility index (Phi) is 6.45. The van der Waals surface area contributed by atoms with E-state index in [4.69, 9.17) is 0 Å². The summed E-state index contributed by atoms with van der Waals surface area (Å²) in [6.07, 6.45) is 10.5. The second-order valence-electron chi connectivity index (χ2n) is 6.18. The molecule has 0 aliphatic heterocycles. The number of anilines is 1. The van der Waals surface area contributed by atoms with Crippen LogP contribution >= 0.6 is 11.8 Å². The number of nitrogens with one attached hydrogen (secondary N) is 1. The molecule has 0 saturated heterocycles. The summed E-state index contributed by atoms with van der Waals surface area (Å²) >= 11 is 1.86. The topological polar surface area (TPSA) is 19.8 Å². The fourth-order valence-electron chi connectivity index (χ4n) is 2.54. The molecule has 26 heavy (non-hydrogen) atoms. The lowest BCUT2D eigenvalue weighted by Crippen LogP contribution is -2.30. The number of rotatable bonds is 7. The smallest absolute Gasteiger partial charge is 0.239 e. The zero-order chi connectivity index (χ0) is 18.2. The lowest BCUT2D eigenvalue weighted by Gasteiger charge is -2.06. The molecule has 0 aliphatic rings. The molecule has 0 aliphatic carbocycles. The number of aromatic nitrogens is 2. The highest BCUT2D eigenvalue weighted by atomic mass is 32.2.